The molecule has 3 atom stereocenters. The average molecular weight is 560 g/mol. The Morgan fingerprint density at radius 2 is 1.67 bits per heavy atom. The summed E-state index contributed by atoms with van der Waals surface area (Å²) in [5.41, 5.74) is 2.13. The van der Waals surface area contributed by atoms with E-state index in [4.69, 9.17) is 4.74 Å². The lowest BCUT2D eigenvalue weighted by Gasteiger charge is -2.40. The van der Waals surface area contributed by atoms with Gasteiger partial charge in [-0.25, -0.2) is 13.3 Å². The van der Waals surface area contributed by atoms with E-state index < -0.39 is 34.2 Å². The van der Waals surface area contributed by atoms with Crippen LogP contribution in [0.1, 0.15) is 26.2 Å². The fourth-order valence-corrected chi connectivity index (χ4v) is 6.62. The first kappa shape index (κ1) is 27.0. The van der Waals surface area contributed by atoms with Gasteiger partial charge in [-0.05, 0) is 67.8 Å². The number of fused-ring (bicyclic) bond motifs is 2. The molecule has 5 rings (SSSR count). The largest absolute Gasteiger partial charge is 0.573 e. The normalized spacial score (nSPS) is 20.1. The van der Waals surface area contributed by atoms with Crippen LogP contribution in [0.5, 0.6) is 17.2 Å². The molecular formula is C28H28F3N3O4S. The lowest BCUT2D eigenvalue weighted by molar-refractivity contribution is -0.274. The molecule has 0 saturated heterocycles. The Morgan fingerprint density at radius 3 is 2.26 bits per heavy atom. The van der Waals surface area contributed by atoms with E-state index in [1.54, 1.807) is 0 Å². The van der Waals surface area contributed by atoms with Crippen molar-refractivity contribution in [3.8, 4) is 17.2 Å². The van der Waals surface area contributed by atoms with Gasteiger partial charge in [-0.1, -0.05) is 37.3 Å². The molecule has 1 aliphatic heterocycles. The van der Waals surface area contributed by atoms with Gasteiger partial charge in [0.25, 0.3) is 0 Å². The van der Waals surface area contributed by atoms with Gasteiger partial charge in [0.15, 0.2) is 11.5 Å². The number of anilines is 2. The summed E-state index contributed by atoms with van der Waals surface area (Å²) in [6, 6.07) is 19.2. The zero-order valence-electron chi connectivity index (χ0n) is 21.1. The van der Waals surface area contributed by atoms with Crippen LogP contribution < -0.4 is 19.1 Å². The van der Waals surface area contributed by atoms with E-state index in [0.717, 1.165) is 23.5 Å². The van der Waals surface area contributed by atoms with Crippen LogP contribution in [0, 0.1) is 0 Å². The molecule has 1 heterocycles. The SMILES string of the molecule is CCCN=S(=O)(N[C@H]1CCC=C(N2c3ccccc3Oc3ccccc32)[C@@H]1O)c1ccc(OC(F)(F)F)cc1. The molecule has 206 valence electrons. The summed E-state index contributed by atoms with van der Waals surface area (Å²) in [7, 11) is -3.29. The predicted octanol–water partition coefficient (Wildman–Crippen LogP) is 6.68. The minimum Gasteiger partial charge on any atom is -0.453 e. The molecule has 0 radical (unpaired) electrons. The number of halogens is 3. The van der Waals surface area contributed by atoms with Crippen LogP contribution in [0.25, 0.3) is 0 Å². The summed E-state index contributed by atoms with van der Waals surface area (Å²) in [5, 5.41) is 11.6. The monoisotopic (exact) mass is 559 g/mol. The van der Waals surface area contributed by atoms with Crippen molar-refractivity contribution in [3.63, 3.8) is 0 Å². The second kappa shape index (κ2) is 10.9. The first-order valence-corrected chi connectivity index (χ1v) is 14.1. The fourth-order valence-electron chi connectivity index (χ4n) is 4.66. The predicted molar refractivity (Wildman–Crippen MR) is 142 cm³/mol. The Balaban J connectivity index is 1.46. The molecule has 0 bridgehead atoms. The maximum Gasteiger partial charge on any atom is 0.573 e. The van der Waals surface area contributed by atoms with Gasteiger partial charge in [0.05, 0.1) is 22.3 Å². The van der Waals surface area contributed by atoms with Crippen LogP contribution in [-0.4, -0.2) is 34.4 Å². The van der Waals surface area contributed by atoms with Gasteiger partial charge >= 0.3 is 6.36 Å². The van der Waals surface area contributed by atoms with E-state index in [2.05, 4.69) is 13.8 Å². The molecule has 3 aromatic rings. The number of para-hydroxylation sites is 4. The number of hydrogen-bond donors (Lipinski definition) is 2. The number of benzene rings is 3. The highest BCUT2D eigenvalue weighted by atomic mass is 32.2. The number of hydrogen-bond acceptors (Lipinski definition) is 6. The third-order valence-corrected chi connectivity index (χ3v) is 8.47. The summed E-state index contributed by atoms with van der Waals surface area (Å²) in [5.74, 6) is 0.862. The van der Waals surface area contributed by atoms with E-state index in [-0.39, 0.29) is 11.4 Å². The molecule has 0 fully saturated rings. The zero-order chi connectivity index (χ0) is 27.6. The van der Waals surface area contributed by atoms with E-state index in [1.807, 2.05) is 66.4 Å². The van der Waals surface area contributed by atoms with Crippen molar-refractivity contribution >= 4 is 21.3 Å². The number of nitrogens with zero attached hydrogens (tertiary/aromatic N) is 2. The molecule has 0 aromatic heterocycles. The molecule has 0 saturated carbocycles. The maximum atomic E-state index is 14.1. The highest BCUT2D eigenvalue weighted by Gasteiger charge is 2.36. The number of allylic oxidation sites excluding steroid dienone is 1. The Bertz CT molecular complexity index is 1440. The molecule has 3 aromatic carbocycles. The van der Waals surface area contributed by atoms with Crippen molar-refractivity contribution < 1.29 is 32.0 Å². The lowest BCUT2D eigenvalue weighted by atomic mass is 9.94. The molecule has 11 heteroatoms. The molecule has 0 amide bonds. The average Bonchev–Trinajstić information content (AvgIpc) is 2.91. The fraction of sp³-hybridized carbons (Fsp3) is 0.286. The summed E-state index contributed by atoms with van der Waals surface area (Å²) >= 11 is 0. The van der Waals surface area contributed by atoms with Gasteiger partial charge in [-0.15, -0.1) is 13.2 Å². The zero-order valence-corrected chi connectivity index (χ0v) is 21.9. The molecule has 39 heavy (non-hydrogen) atoms. The quantitative estimate of drug-likeness (QED) is 0.338. The maximum absolute atomic E-state index is 14.1. The van der Waals surface area contributed by atoms with E-state index in [1.165, 1.54) is 12.1 Å². The Labute approximate surface area is 225 Å². The van der Waals surface area contributed by atoms with Crippen LogP contribution >= 0.6 is 0 Å². The van der Waals surface area contributed by atoms with Crippen LogP contribution in [-0.2, 0) is 9.92 Å². The second-order valence-electron chi connectivity index (χ2n) is 9.15. The summed E-state index contributed by atoms with van der Waals surface area (Å²) in [4.78, 5) is 2.15. The van der Waals surface area contributed by atoms with E-state index in [0.29, 0.717) is 36.5 Å². The second-order valence-corrected chi connectivity index (χ2v) is 11.2. The number of aliphatic hydroxyl groups excluding tert-OH is 1. The molecular weight excluding hydrogens is 531 g/mol. The van der Waals surface area contributed by atoms with E-state index in [9.17, 15) is 22.5 Å². The van der Waals surface area contributed by atoms with Crippen molar-refractivity contribution in [2.45, 2.75) is 49.6 Å². The highest BCUT2D eigenvalue weighted by Crippen LogP contribution is 2.49. The standard InChI is InChI=1S/C28H28F3N3O4S/c1-2-18-32-39(36,20-16-14-19(15-17-20)38-28(29,30)31)33-21-8-7-11-24(27(21)35)34-22-9-3-5-12-25(22)37-26-13-6-4-10-23(26)34/h3-6,9-17,21,27,35H,2,7-8,18H2,1H3,(H,32,33,36)/t21-,27+,39?/m0/s1. The van der Waals surface area contributed by atoms with Crippen molar-refractivity contribution in [2.75, 3.05) is 11.4 Å². The van der Waals surface area contributed by atoms with Crippen LogP contribution in [0.15, 0.2) is 93.8 Å². The van der Waals surface area contributed by atoms with Crippen LogP contribution in [0.4, 0.5) is 24.5 Å². The first-order chi connectivity index (χ1) is 18.7. The highest BCUT2D eigenvalue weighted by molar-refractivity contribution is 7.91. The summed E-state index contributed by atoms with van der Waals surface area (Å²) in [6.07, 6.45) is -2.26. The molecule has 2 aliphatic rings. The summed E-state index contributed by atoms with van der Waals surface area (Å²) in [6.45, 7) is 2.15. The molecule has 1 aliphatic carbocycles. The van der Waals surface area contributed by atoms with Crippen LogP contribution in [0.3, 0.4) is 0 Å². The van der Waals surface area contributed by atoms with Gasteiger partial charge in [0.2, 0.25) is 0 Å². The van der Waals surface area contributed by atoms with Gasteiger partial charge in [-0.3, -0.25) is 0 Å². The molecule has 0 spiro atoms. The number of nitrogens with one attached hydrogen (secondary N) is 1. The smallest absolute Gasteiger partial charge is 0.453 e. The Hall–Kier alpha value is -3.54. The first-order valence-electron chi connectivity index (χ1n) is 12.6. The minimum absolute atomic E-state index is 0.204. The van der Waals surface area contributed by atoms with E-state index >= 15 is 0 Å². The van der Waals surface area contributed by atoms with Gasteiger partial charge in [0.1, 0.15) is 21.8 Å². The van der Waals surface area contributed by atoms with Gasteiger partial charge in [0, 0.05) is 12.2 Å². The van der Waals surface area contributed by atoms with Crippen molar-refractivity contribution in [1.29, 1.82) is 0 Å². The van der Waals surface area contributed by atoms with Gasteiger partial charge < -0.3 is 19.5 Å². The topological polar surface area (TPSA) is 83.4 Å². The number of rotatable bonds is 7. The molecule has 1 unspecified atom stereocenters. The third-order valence-electron chi connectivity index (χ3n) is 6.39. The van der Waals surface area contributed by atoms with Gasteiger partial charge in [-0.2, -0.15) is 0 Å². The number of ether oxygens (including phenoxy) is 2. The Morgan fingerprint density at radius 1 is 1.05 bits per heavy atom. The van der Waals surface area contributed by atoms with Crippen molar-refractivity contribution in [2.24, 2.45) is 4.36 Å². The lowest BCUT2D eigenvalue weighted by Crippen LogP contribution is -2.48. The summed E-state index contributed by atoms with van der Waals surface area (Å²) < 4.78 is 69.4. The molecule has 2 N–H and O–H groups in total. The Kier molecular flexibility index (Phi) is 7.57. The van der Waals surface area contributed by atoms with Crippen LogP contribution in [0.2, 0.25) is 0 Å². The molecule has 7 nitrogen and oxygen atoms in total. The minimum atomic E-state index is -4.83. The van der Waals surface area contributed by atoms with Crippen molar-refractivity contribution in [3.05, 3.63) is 84.6 Å². The van der Waals surface area contributed by atoms with Crippen molar-refractivity contribution in [1.82, 2.24) is 4.72 Å². The number of aliphatic hydroxyl groups is 1. The third kappa shape index (κ3) is 5.75. The number of alkyl halides is 3.